The van der Waals surface area contributed by atoms with Gasteiger partial charge in [-0.15, -0.1) is 11.6 Å². The smallest absolute Gasteiger partial charge is 0.264 e. The van der Waals surface area contributed by atoms with Crippen LogP contribution in [0.5, 0.6) is 0 Å². The third kappa shape index (κ3) is 5.83. The molecule has 2 heterocycles. The SMILES string of the molecule is O=C1CCC(N2C(=O)c3cccc(NCCOCCOCCOCCCl)c3C2=O)C(=O)N1. The molecule has 11 heteroatoms. The van der Waals surface area contributed by atoms with Gasteiger partial charge in [0.1, 0.15) is 6.04 Å². The Labute approximate surface area is 190 Å². The van der Waals surface area contributed by atoms with E-state index < -0.39 is 29.7 Å². The third-order valence-corrected chi connectivity index (χ3v) is 5.15. The molecule has 32 heavy (non-hydrogen) atoms. The van der Waals surface area contributed by atoms with Crippen molar-refractivity contribution in [3.8, 4) is 0 Å². The van der Waals surface area contributed by atoms with E-state index in [1.54, 1.807) is 18.2 Å². The van der Waals surface area contributed by atoms with Crippen LogP contribution in [0.3, 0.4) is 0 Å². The summed E-state index contributed by atoms with van der Waals surface area (Å²) < 4.78 is 16.0. The average molecular weight is 468 g/mol. The molecule has 1 saturated heterocycles. The molecule has 2 aliphatic heterocycles. The number of hydrogen-bond acceptors (Lipinski definition) is 8. The number of rotatable bonds is 13. The van der Waals surface area contributed by atoms with Gasteiger partial charge in [0.25, 0.3) is 11.8 Å². The summed E-state index contributed by atoms with van der Waals surface area (Å²) in [4.78, 5) is 50.3. The van der Waals surface area contributed by atoms with Gasteiger partial charge in [0.15, 0.2) is 0 Å². The van der Waals surface area contributed by atoms with Crippen LogP contribution in [0, 0.1) is 0 Å². The first-order chi connectivity index (χ1) is 15.5. The van der Waals surface area contributed by atoms with E-state index in [0.29, 0.717) is 57.8 Å². The van der Waals surface area contributed by atoms with Crippen LogP contribution in [0.2, 0.25) is 0 Å². The number of fused-ring (bicyclic) bond motifs is 1. The second kappa shape index (κ2) is 11.9. The second-order valence-electron chi connectivity index (χ2n) is 7.13. The lowest BCUT2D eigenvalue weighted by Crippen LogP contribution is -2.54. The highest BCUT2D eigenvalue weighted by Gasteiger charge is 2.45. The summed E-state index contributed by atoms with van der Waals surface area (Å²) in [5, 5.41) is 5.30. The molecule has 174 valence electrons. The molecule has 0 saturated carbocycles. The van der Waals surface area contributed by atoms with Gasteiger partial charge in [0.05, 0.1) is 50.8 Å². The van der Waals surface area contributed by atoms with Crippen LogP contribution in [-0.4, -0.2) is 86.6 Å². The fourth-order valence-corrected chi connectivity index (χ4v) is 3.63. The molecule has 1 fully saturated rings. The predicted octanol–water partition coefficient (Wildman–Crippen LogP) is 0.788. The molecule has 0 radical (unpaired) electrons. The van der Waals surface area contributed by atoms with Gasteiger partial charge in [-0.2, -0.15) is 0 Å². The summed E-state index contributed by atoms with van der Waals surface area (Å²) in [7, 11) is 0. The maximum Gasteiger partial charge on any atom is 0.264 e. The number of halogens is 1. The molecule has 0 aliphatic carbocycles. The van der Waals surface area contributed by atoms with Crippen molar-refractivity contribution in [1.29, 1.82) is 0 Å². The van der Waals surface area contributed by atoms with Crippen LogP contribution < -0.4 is 10.6 Å². The molecule has 0 spiro atoms. The van der Waals surface area contributed by atoms with Gasteiger partial charge in [-0.25, -0.2) is 0 Å². The topological polar surface area (TPSA) is 123 Å². The van der Waals surface area contributed by atoms with Crippen LogP contribution in [0.25, 0.3) is 0 Å². The lowest BCUT2D eigenvalue weighted by atomic mass is 10.0. The zero-order valence-electron chi connectivity index (χ0n) is 17.6. The molecule has 0 aromatic heterocycles. The number of benzene rings is 1. The van der Waals surface area contributed by atoms with Gasteiger partial charge in [0.2, 0.25) is 11.8 Å². The molecule has 1 unspecified atom stereocenters. The van der Waals surface area contributed by atoms with E-state index in [4.69, 9.17) is 25.8 Å². The van der Waals surface area contributed by atoms with Crippen LogP contribution in [0.1, 0.15) is 33.6 Å². The van der Waals surface area contributed by atoms with Gasteiger partial charge < -0.3 is 19.5 Å². The summed E-state index contributed by atoms with van der Waals surface area (Å²) in [6.07, 6.45) is 0.198. The zero-order valence-corrected chi connectivity index (χ0v) is 18.3. The molecule has 3 rings (SSSR count). The van der Waals surface area contributed by atoms with Gasteiger partial charge in [-0.3, -0.25) is 29.4 Å². The molecule has 4 amide bonds. The van der Waals surface area contributed by atoms with Gasteiger partial charge >= 0.3 is 0 Å². The molecule has 1 aromatic rings. The second-order valence-corrected chi connectivity index (χ2v) is 7.51. The predicted molar refractivity (Wildman–Crippen MR) is 115 cm³/mol. The fraction of sp³-hybridized carbons (Fsp3) is 0.524. The number of ether oxygens (including phenoxy) is 3. The van der Waals surface area contributed by atoms with Gasteiger partial charge in [-0.1, -0.05) is 6.07 Å². The number of amides is 4. The maximum absolute atomic E-state index is 13.0. The lowest BCUT2D eigenvalue weighted by Gasteiger charge is -2.27. The number of hydrogen-bond donors (Lipinski definition) is 2. The molecule has 1 aromatic carbocycles. The van der Waals surface area contributed by atoms with Crippen molar-refractivity contribution in [3.63, 3.8) is 0 Å². The summed E-state index contributed by atoms with van der Waals surface area (Å²) in [6, 6.07) is 3.93. The van der Waals surface area contributed by atoms with Crippen LogP contribution >= 0.6 is 11.6 Å². The maximum atomic E-state index is 13.0. The Kier molecular flexibility index (Phi) is 8.98. The van der Waals surface area contributed by atoms with Crippen LogP contribution in [0.4, 0.5) is 5.69 Å². The summed E-state index contributed by atoms with van der Waals surface area (Å²) in [6.45, 7) is 3.06. The normalized spacial score (nSPS) is 18.2. The minimum atomic E-state index is -0.989. The van der Waals surface area contributed by atoms with E-state index in [1.807, 2.05) is 0 Å². The first-order valence-electron chi connectivity index (χ1n) is 10.4. The monoisotopic (exact) mass is 467 g/mol. The Morgan fingerprint density at radius 3 is 2.34 bits per heavy atom. The first-order valence-corrected chi connectivity index (χ1v) is 11.0. The third-order valence-electron chi connectivity index (χ3n) is 5.00. The Morgan fingerprint density at radius 1 is 0.969 bits per heavy atom. The van der Waals surface area contributed by atoms with Crippen molar-refractivity contribution in [2.24, 2.45) is 0 Å². The Bertz CT molecular complexity index is 864. The number of carbonyl (C=O) groups excluding carboxylic acids is 4. The molecular formula is C21H26ClN3O7. The Hall–Kier alpha value is -2.53. The molecule has 2 aliphatic rings. The molecular weight excluding hydrogens is 442 g/mol. The highest BCUT2D eigenvalue weighted by atomic mass is 35.5. The number of imide groups is 2. The van der Waals surface area contributed by atoms with Crippen LogP contribution in [-0.2, 0) is 23.8 Å². The van der Waals surface area contributed by atoms with E-state index in [1.165, 1.54) is 0 Å². The van der Waals surface area contributed by atoms with Crippen LogP contribution in [0.15, 0.2) is 18.2 Å². The largest absolute Gasteiger partial charge is 0.382 e. The van der Waals surface area contributed by atoms with E-state index >= 15 is 0 Å². The minimum absolute atomic E-state index is 0.0798. The van der Waals surface area contributed by atoms with Gasteiger partial charge in [0, 0.05) is 24.5 Å². The summed E-state index contributed by atoms with van der Waals surface area (Å²) >= 11 is 5.50. The van der Waals surface area contributed by atoms with Crippen molar-refractivity contribution < 1.29 is 33.4 Å². The highest BCUT2D eigenvalue weighted by molar-refractivity contribution is 6.25. The Morgan fingerprint density at radius 2 is 1.66 bits per heavy atom. The van der Waals surface area contributed by atoms with E-state index in [9.17, 15) is 19.2 Å². The van der Waals surface area contributed by atoms with Crippen molar-refractivity contribution in [2.75, 3.05) is 57.4 Å². The number of carbonyl (C=O) groups is 4. The fourth-order valence-electron chi connectivity index (χ4n) is 3.52. The van der Waals surface area contributed by atoms with Crippen molar-refractivity contribution >= 4 is 40.9 Å². The standard InChI is InChI=1S/C21H26ClN3O7/c22-6-8-30-10-12-32-13-11-31-9-7-23-15-3-1-2-14-18(15)21(29)25(20(14)28)16-4-5-17(26)24-19(16)27/h1-3,16,23H,4-13H2,(H,24,26,27). The molecule has 10 nitrogen and oxygen atoms in total. The minimum Gasteiger partial charge on any atom is -0.382 e. The Balaban J connectivity index is 1.47. The number of piperidine rings is 1. The quantitative estimate of drug-likeness (QED) is 0.248. The summed E-state index contributed by atoms with van der Waals surface area (Å²) in [5.74, 6) is -1.67. The number of nitrogens with one attached hydrogen (secondary N) is 2. The van der Waals surface area contributed by atoms with Crippen molar-refractivity contribution in [2.45, 2.75) is 18.9 Å². The van der Waals surface area contributed by atoms with E-state index in [-0.39, 0.29) is 24.0 Å². The average Bonchev–Trinajstić information content (AvgIpc) is 3.03. The molecule has 2 N–H and O–H groups in total. The number of alkyl halides is 1. The zero-order chi connectivity index (χ0) is 22.9. The summed E-state index contributed by atoms with van der Waals surface area (Å²) in [5.41, 5.74) is 0.949. The highest BCUT2D eigenvalue weighted by Crippen LogP contribution is 2.32. The van der Waals surface area contributed by atoms with Gasteiger partial charge in [-0.05, 0) is 18.6 Å². The van der Waals surface area contributed by atoms with Crippen molar-refractivity contribution in [3.05, 3.63) is 29.3 Å². The van der Waals surface area contributed by atoms with Crippen molar-refractivity contribution in [1.82, 2.24) is 10.2 Å². The first kappa shape index (κ1) is 24.1. The molecule has 1 atom stereocenters. The lowest BCUT2D eigenvalue weighted by molar-refractivity contribution is -0.136. The number of nitrogens with zero attached hydrogens (tertiary/aromatic N) is 1. The number of anilines is 1. The van der Waals surface area contributed by atoms with E-state index in [0.717, 1.165) is 4.90 Å². The molecule has 0 bridgehead atoms. The van der Waals surface area contributed by atoms with E-state index in [2.05, 4.69) is 10.6 Å².